The first-order valence-electron chi connectivity index (χ1n) is 9.29. The summed E-state index contributed by atoms with van der Waals surface area (Å²) in [7, 11) is 0. The lowest BCUT2D eigenvalue weighted by molar-refractivity contribution is -0.148. The average molecular weight is 393 g/mol. The van der Waals surface area contributed by atoms with Gasteiger partial charge in [0.25, 0.3) is 0 Å². The summed E-state index contributed by atoms with van der Waals surface area (Å²) in [5, 5.41) is 24.4. The van der Waals surface area contributed by atoms with Crippen LogP contribution in [0.4, 0.5) is 5.69 Å². The van der Waals surface area contributed by atoms with Crippen LogP contribution < -0.4 is 5.32 Å². The second kappa shape index (κ2) is 8.64. The van der Waals surface area contributed by atoms with Gasteiger partial charge >= 0.3 is 5.97 Å². The van der Waals surface area contributed by atoms with Crippen molar-refractivity contribution in [2.24, 2.45) is 5.41 Å². The zero-order chi connectivity index (χ0) is 20.9. The van der Waals surface area contributed by atoms with Crippen molar-refractivity contribution < 1.29 is 14.7 Å². The molecule has 3 rings (SSSR count). The number of tetrazole rings is 1. The van der Waals surface area contributed by atoms with Crippen LogP contribution in [-0.4, -0.2) is 37.2 Å². The van der Waals surface area contributed by atoms with Crippen molar-refractivity contribution in [2.45, 2.75) is 33.2 Å². The number of nitrogens with zero attached hydrogens (tertiary/aromatic N) is 4. The number of aliphatic carboxylic acids is 1. The van der Waals surface area contributed by atoms with Crippen molar-refractivity contribution >= 4 is 17.6 Å². The molecule has 0 unspecified atom stereocenters. The summed E-state index contributed by atoms with van der Waals surface area (Å²) in [6.45, 7) is 3.64. The molecule has 0 saturated heterocycles. The Kier molecular flexibility index (Phi) is 6.01. The van der Waals surface area contributed by atoms with E-state index < -0.39 is 11.4 Å². The van der Waals surface area contributed by atoms with Gasteiger partial charge < -0.3 is 10.4 Å². The lowest BCUT2D eigenvalue weighted by Crippen LogP contribution is -2.29. The molecular formula is C21H23N5O3. The molecule has 29 heavy (non-hydrogen) atoms. The maximum atomic E-state index is 12.0. The van der Waals surface area contributed by atoms with Crippen LogP contribution in [0.1, 0.15) is 25.8 Å². The molecule has 3 aromatic rings. The van der Waals surface area contributed by atoms with E-state index in [-0.39, 0.29) is 12.3 Å². The number of hydrogen-bond acceptors (Lipinski definition) is 5. The van der Waals surface area contributed by atoms with E-state index in [4.69, 9.17) is 5.11 Å². The van der Waals surface area contributed by atoms with Crippen LogP contribution in [0.15, 0.2) is 54.6 Å². The molecule has 2 aromatic carbocycles. The van der Waals surface area contributed by atoms with E-state index >= 15 is 0 Å². The summed E-state index contributed by atoms with van der Waals surface area (Å²) in [5.74, 6) is -0.738. The summed E-state index contributed by atoms with van der Waals surface area (Å²) in [5.41, 5.74) is 1.51. The lowest BCUT2D eigenvalue weighted by atomic mass is 9.89. The van der Waals surface area contributed by atoms with Gasteiger partial charge in [-0.1, -0.05) is 42.5 Å². The Bertz CT molecular complexity index is 981. The molecule has 2 N–H and O–H groups in total. The fraction of sp³-hybridized carbons (Fsp3) is 0.286. The zero-order valence-electron chi connectivity index (χ0n) is 16.4. The molecule has 0 spiro atoms. The molecule has 150 valence electrons. The number of amides is 1. The first-order valence-corrected chi connectivity index (χ1v) is 9.29. The van der Waals surface area contributed by atoms with Gasteiger partial charge in [-0.25, -0.2) is 0 Å². The molecule has 0 aliphatic rings. The predicted octanol–water partition coefficient (Wildman–Crippen LogP) is 3.02. The molecule has 0 bridgehead atoms. The van der Waals surface area contributed by atoms with Gasteiger partial charge in [-0.3, -0.25) is 9.59 Å². The molecule has 1 amide bonds. The minimum Gasteiger partial charge on any atom is -0.481 e. The van der Waals surface area contributed by atoms with E-state index in [0.29, 0.717) is 24.5 Å². The topological polar surface area (TPSA) is 110 Å². The van der Waals surface area contributed by atoms with Crippen LogP contribution in [0, 0.1) is 5.41 Å². The molecule has 0 saturated carbocycles. The van der Waals surface area contributed by atoms with Crippen LogP contribution in [0.25, 0.3) is 11.4 Å². The number of carboxylic acid groups (broad SMARTS) is 1. The fourth-order valence-corrected chi connectivity index (χ4v) is 2.71. The molecule has 0 atom stereocenters. The number of rotatable bonds is 8. The van der Waals surface area contributed by atoms with Crippen molar-refractivity contribution in [3.63, 3.8) is 0 Å². The summed E-state index contributed by atoms with van der Waals surface area (Å²) < 4.78 is 0. The van der Waals surface area contributed by atoms with Crippen LogP contribution in [0.5, 0.6) is 0 Å². The zero-order valence-corrected chi connectivity index (χ0v) is 16.4. The predicted molar refractivity (Wildman–Crippen MR) is 108 cm³/mol. The molecule has 0 aliphatic carbocycles. The third-order valence-corrected chi connectivity index (χ3v) is 4.50. The number of anilines is 1. The maximum absolute atomic E-state index is 12.0. The van der Waals surface area contributed by atoms with Crippen molar-refractivity contribution in [3.8, 4) is 11.4 Å². The Hall–Kier alpha value is -3.55. The average Bonchev–Trinajstić information content (AvgIpc) is 3.17. The smallest absolute Gasteiger partial charge is 0.309 e. The molecule has 0 fully saturated rings. The highest BCUT2D eigenvalue weighted by Gasteiger charge is 2.30. The van der Waals surface area contributed by atoms with Gasteiger partial charge in [-0.05, 0) is 43.2 Å². The SMILES string of the molecule is CC(C)(CC(=O)Nc1ccc(CCn2nnc(-c3ccccc3)n2)cc1)C(=O)O. The van der Waals surface area contributed by atoms with Crippen LogP contribution in [-0.2, 0) is 22.6 Å². The number of carbonyl (C=O) groups excluding carboxylic acids is 1. The van der Waals surface area contributed by atoms with E-state index in [1.54, 1.807) is 16.9 Å². The highest BCUT2D eigenvalue weighted by atomic mass is 16.4. The lowest BCUT2D eigenvalue weighted by Gasteiger charge is -2.18. The van der Waals surface area contributed by atoms with Crippen molar-refractivity contribution in [1.82, 2.24) is 20.2 Å². The number of carboxylic acids is 1. The van der Waals surface area contributed by atoms with Crippen LogP contribution in [0.3, 0.4) is 0 Å². The Labute approximate surface area is 168 Å². The quantitative estimate of drug-likeness (QED) is 0.609. The first kappa shape index (κ1) is 20.2. The minimum atomic E-state index is -1.10. The minimum absolute atomic E-state index is 0.0915. The Morgan fingerprint density at radius 1 is 1.07 bits per heavy atom. The van der Waals surface area contributed by atoms with Crippen molar-refractivity contribution in [2.75, 3.05) is 5.32 Å². The van der Waals surface area contributed by atoms with Gasteiger partial charge in [0.05, 0.1) is 12.0 Å². The highest BCUT2D eigenvalue weighted by molar-refractivity contribution is 5.94. The van der Waals surface area contributed by atoms with Gasteiger partial charge in [0.15, 0.2) is 0 Å². The molecular weight excluding hydrogens is 370 g/mol. The van der Waals surface area contributed by atoms with E-state index in [9.17, 15) is 9.59 Å². The Balaban J connectivity index is 1.53. The molecule has 0 aliphatic heterocycles. The van der Waals surface area contributed by atoms with E-state index in [1.165, 1.54) is 13.8 Å². The second-order valence-corrected chi connectivity index (χ2v) is 7.44. The van der Waals surface area contributed by atoms with E-state index in [0.717, 1.165) is 11.1 Å². The molecule has 1 aromatic heterocycles. The monoisotopic (exact) mass is 393 g/mol. The molecule has 0 radical (unpaired) electrons. The van der Waals surface area contributed by atoms with Gasteiger partial charge in [0.2, 0.25) is 11.7 Å². The van der Waals surface area contributed by atoms with E-state index in [2.05, 4.69) is 20.7 Å². The Morgan fingerprint density at radius 3 is 2.41 bits per heavy atom. The molecule has 8 heteroatoms. The third-order valence-electron chi connectivity index (χ3n) is 4.50. The summed E-state index contributed by atoms with van der Waals surface area (Å²) in [6.07, 6.45) is 0.622. The number of carbonyl (C=O) groups is 2. The number of hydrogen-bond donors (Lipinski definition) is 2. The van der Waals surface area contributed by atoms with Crippen LogP contribution in [0.2, 0.25) is 0 Å². The van der Waals surface area contributed by atoms with E-state index in [1.807, 2.05) is 42.5 Å². The summed E-state index contributed by atoms with van der Waals surface area (Å²) in [4.78, 5) is 24.7. The number of nitrogens with one attached hydrogen (secondary N) is 1. The highest BCUT2D eigenvalue weighted by Crippen LogP contribution is 2.21. The number of aryl methyl sites for hydroxylation is 2. The molecule has 8 nitrogen and oxygen atoms in total. The van der Waals surface area contributed by atoms with Crippen molar-refractivity contribution in [1.29, 1.82) is 0 Å². The Morgan fingerprint density at radius 2 is 1.76 bits per heavy atom. The van der Waals surface area contributed by atoms with Crippen molar-refractivity contribution in [3.05, 3.63) is 60.2 Å². The largest absolute Gasteiger partial charge is 0.481 e. The van der Waals surface area contributed by atoms with Gasteiger partial charge in [0.1, 0.15) is 0 Å². The first-order chi connectivity index (χ1) is 13.8. The maximum Gasteiger partial charge on any atom is 0.309 e. The van der Waals surface area contributed by atoms with Gasteiger partial charge in [0, 0.05) is 17.7 Å². The molecule has 1 heterocycles. The van der Waals surface area contributed by atoms with Crippen LogP contribution >= 0.6 is 0 Å². The standard InChI is InChI=1S/C21H23N5O3/c1-21(2,20(28)29)14-18(27)22-17-10-8-15(9-11-17)12-13-26-24-19(23-25-26)16-6-4-3-5-7-16/h3-11H,12-14H2,1-2H3,(H,22,27)(H,28,29). The number of benzene rings is 2. The summed E-state index contributed by atoms with van der Waals surface area (Å²) >= 11 is 0. The van der Waals surface area contributed by atoms with Gasteiger partial charge in [-0.2, -0.15) is 4.80 Å². The fourth-order valence-electron chi connectivity index (χ4n) is 2.71. The number of aromatic nitrogens is 4. The summed E-state index contributed by atoms with van der Waals surface area (Å²) in [6, 6.07) is 17.1. The third kappa shape index (κ3) is 5.47. The second-order valence-electron chi connectivity index (χ2n) is 7.44. The van der Waals surface area contributed by atoms with Gasteiger partial charge in [-0.15, -0.1) is 10.2 Å². The normalized spacial score (nSPS) is 11.2.